The van der Waals surface area contributed by atoms with Crippen molar-refractivity contribution in [1.82, 2.24) is 9.97 Å². The average molecular weight is 338 g/mol. The lowest BCUT2D eigenvalue weighted by atomic mass is 9.93. The Morgan fingerprint density at radius 3 is 2.88 bits per heavy atom. The first-order valence-electron chi connectivity index (χ1n) is 8.21. The largest absolute Gasteiger partial charge is 0.367 e. The summed E-state index contributed by atoms with van der Waals surface area (Å²) in [5.74, 6) is 0.244. The maximum Gasteiger partial charge on any atom is 0.254 e. The number of nitrogens with zero attached hydrogens (tertiary/aromatic N) is 2. The predicted octanol–water partition coefficient (Wildman–Crippen LogP) is 1.78. The summed E-state index contributed by atoms with van der Waals surface area (Å²) in [6, 6.07) is 5.89. The van der Waals surface area contributed by atoms with Crippen LogP contribution >= 0.6 is 0 Å². The Morgan fingerprint density at radius 1 is 1.32 bits per heavy atom. The molecule has 1 aliphatic carbocycles. The maximum absolute atomic E-state index is 11.6. The van der Waals surface area contributed by atoms with E-state index in [2.05, 4.69) is 25.9 Å². The summed E-state index contributed by atoms with van der Waals surface area (Å²) < 4.78 is 0. The molecule has 128 valence electrons. The summed E-state index contributed by atoms with van der Waals surface area (Å²) in [5, 5.41) is 9.16. The molecule has 1 aromatic heterocycles. The van der Waals surface area contributed by atoms with Gasteiger partial charge in [0.25, 0.3) is 5.91 Å². The second-order valence-electron chi connectivity index (χ2n) is 6.31. The van der Waals surface area contributed by atoms with Gasteiger partial charge in [0.2, 0.25) is 11.9 Å². The van der Waals surface area contributed by atoms with Crippen LogP contribution in [0.25, 0.3) is 0 Å². The smallest absolute Gasteiger partial charge is 0.254 e. The fourth-order valence-corrected chi connectivity index (χ4v) is 2.91. The molecule has 5 N–H and O–H groups in total. The number of nitrogens with two attached hydrogens (primary N) is 1. The number of fused-ring (bicyclic) bond motifs is 1. The van der Waals surface area contributed by atoms with Crippen LogP contribution in [0.1, 0.15) is 35.2 Å². The van der Waals surface area contributed by atoms with E-state index in [1.807, 2.05) is 18.2 Å². The molecule has 8 nitrogen and oxygen atoms in total. The van der Waals surface area contributed by atoms with E-state index in [0.717, 1.165) is 29.8 Å². The SMILES string of the molecule is NC(=O)c1cnc(Nc2ccc3c(c2)CC(=O)N3)nc1NC1CCC1. The van der Waals surface area contributed by atoms with Gasteiger partial charge in [-0.15, -0.1) is 0 Å². The molecule has 1 aliphatic heterocycles. The molecule has 8 heteroatoms. The van der Waals surface area contributed by atoms with Crippen molar-refractivity contribution in [2.24, 2.45) is 5.73 Å². The molecule has 0 radical (unpaired) electrons. The van der Waals surface area contributed by atoms with Crippen molar-refractivity contribution in [2.75, 3.05) is 16.0 Å². The summed E-state index contributed by atoms with van der Waals surface area (Å²) >= 11 is 0. The summed E-state index contributed by atoms with van der Waals surface area (Å²) in [7, 11) is 0. The van der Waals surface area contributed by atoms with Crippen LogP contribution in [0, 0.1) is 0 Å². The number of primary amides is 1. The Bertz CT molecular complexity index is 862. The van der Waals surface area contributed by atoms with Crippen LogP contribution in [0.15, 0.2) is 24.4 Å². The van der Waals surface area contributed by atoms with Gasteiger partial charge in [0.15, 0.2) is 0 Å². The summed E-state index contributed by atoms with van der Waals surface area (Å²) in [5.41, 5.74) is 8.22. The fraction of sp³-hybridized carbons (Fsp3) is 0.294. The van der Waals surface area contributed by atoms with Crippen LogP contribution < -0.4 is 21.7 Å². The van der Waals surface area contributed by atoms with E-state index >= 15 is 0 Å². The molecule has 2 aliphatic rings. The lowest BCUT2D eigenvalue weighted by molar-refractivity contribution is -0.115. The Balaban J connectivity index is 1.58. The first kappa shape index (κ1) is 15.4. The summed E-state index contributed by atoms with van der Waals surface area (Å²) in [4.78, 5) is 31.6. The zero-order chi connectivity index (χ0) is 17.4. The highest BCUT2D eigenvalue weighted by Crippen LogP contribution is 2.28. The second kappa shape index (κ2) is 6.04. The third kappa shape index (κ3) is 3.10. The minimum Gasteiger partial charge on any atom is -0.367 e. The van der Waals surface area contributed by atoms with Crippen LogP contribution in [0.5, 0.6) is 0 Å². The van der Waals surface area contributed by atoms with Crippen molar-refractivity contribution in [3.05, 3.63) is 35.5 Å². The third-order valence-corrected chi connectivity index (χ3v) is 4.49. The first-order valence-corrected chi connectivity index (χ1v) is 8.21. The molecule has 0 bridgehead atoms. The van der Waals surface area contributed by atoms with Crippen LogP contribution in [0.2, 0.25) is 0 Å². The minimum absolute atomic E-state index is 0.0128. The van der Waals surface area contributed by atoms with Crippen molar-refractivity contribution in [3.63, 3.8) is 0 Å². The van der Waals surface area contributed by atoms with Crippen LogP contribution in [-0.4, -0.2) is 27.8 Å². The van der Waals surface area contributed by atoms with Gasteiger partial charge >= 0.3 is 0 Å². The highest BCUT2D eigenvalue weighted by molar-refractivity contribution is 5.99. The maximum atomic E-state index is 11.6. The number of hydrogen-bond acceptors (Lipinski definition) is 6. The van der Waals surface area contributed by atoms with Crippen molar-refractivity contribution in [1.29, 1.82) is 0 Å². The monoisotopic (exact) mass is 338 g/mol. The fourth-order valence-electron chi connectivity index (χ4n) is 2.91. The van der Waals surface area contributed by atoms with Gasteiger partial charge in [-0.3, -0.25) is 9.59 Å². The lowest BCUT2D eigenvalue weighted by Crippen LogP contribution is -2.29. The van der Waals surface area contributed by atoms with Crippen molar-refractivity contribution in [2.45, 2.75) is 31.7 Å². The molecule has 1 fully saturated rings. The van der Waals surface area contributed by atoms with Crippen molar-refractivity contribution >= 4 is 35.0 Å². The number of benzene rings is 1. The van der Waals surface area contributed by atoms with Crippen molar-refractivity contribution < 1.29 is 9.59 Å². The summed E-state index contributed by atoms with van der Waals surface area (Å²) in [6.07, 6.45) is 5.06. The summed E-state index contributed by atoms with van der Waals surface area (Å²) in [6.45, 7) is 0. The van der Waals surface area contributed by atoms with E-state index < -0.39 is 5.91 Å². The quantitative estimate of drug-likeness (QED) is 0.659. The Kier molecular flexibility index (Phi) is 3.72. The van der Waals surface area contributed by atoms with E-state index in [4.69, 9.17) is 5.73 Å². The van der Waals surface area contributed by atoms with Crippen LogP contribution in [0.3, 0.4) is 0 Å². The second-order valence-corrected chi connectivity index (χ2v) is 6.31. The van der Waals surface area contributed by atoms with E-state index in [-0.39, 0.29) is 11.5 Å². The van der Waals surface area contributed by atoms with E-state index in [1.54, 1.807) is 0 Å². The number of carbonyl (C=O) groups excluding carboxylic acids is 2. The Labute approximate surface area is 144 Å². The zero-order valence-electron chi connectivity index (χ0n) is 13.5. The van der Waals surface area contributed by atoms with E-state index in [0.29, 0.717) is 24.2 Å². The lowest BCUT2D eigenvalue weighted by Gasteiger charge is -2.27. The topological polar surface area (TPSA) is 122 Å². The van der Waals surface area contributed by atoms with Gasteiger partial charge in [-0.05, 0) is 43.0 Å². The van der Waals surface area contributed by atoms with E-state index in [1.165, 1.54) is 12.6 Å². The average Bonchev–Trinajstić information content (AvgIpc) is 2.90. The Hall–Kier alpha value is -3.16. The van der Waals surface area contributed by atoms with Gasteiger partial charge < -0.3 is 21.7 Å². The predicted molar refractivity (Wildman–Crippen MR) is 93.9 cm³/mol. The molecule has 2 aromatic rings. The number of aromatic nitrogens is 2. The standard InChI is InChI=1S/C17H18N6O2/c18-15(25)12-8-19-17(23-16(12)20-10-2-1-3-10)21-11-4-5-13-9(6-11)7-14(24)22-13/h4-6,8,10H,1-3,7H2,(H2,18,25)(H,22,24)(H2,19,20,21,23). The van der Waals surface area contributed by atoms with Gasteiger partial charge in [0, 0.05) is 23.6 Å². The molecule has 0 atom stereocenters. The van der Waals surface area contributed by atoms with Gasteiger partial charge in [-0.2, -0.15) is 4.98 Å². The Morgan fingerprint density at radius 2 is 2.16 bits per heavy atom. The molecule has 1 aromatic carbocycles. The molecule has 0 unspecified atom stereocenters. The molecule has 4 rings (SSSR count). The van der Waals surface area contributed by atoms with Gasteiger partial charge in [0.05, 0.1) is 12.0 Å². The molecule has 2 heterocycles. The molecule has 1 saturated carbocycles. The van der Waals surface area contributed by atoms with E-state index in [9.17, 15) is 9.59 Å². The minimum atomic E-state index is -0.560. The van der Waals surface area contributed by atoms with Crippen LogP contribution in [-0.2, 0) is 11.2 Å². The normalized spacial score (nSPS) is 15.9. The molecular weight excluding hydrogens is 320 g/mol. The zero-order valence-corrected chi connectivity index (χ0v) is 13.5. The van der Waals surface area contributed by atoms with Gasteiger partial charge in [-0.1, -0.05) is 0 Å². The van der Waals surface area contributed by atoms with Crippen LogP contribution in [0.4, 0.5) is 23.1 Å². The third-order valence-electron chi connectivity index (χ3n) is 4.49. The van der Waals surface area contributed by atoms with Gasteiger partial charge in [0.1, 0.15) is 5.82 Å². The molecule has 25 heavy (non-hydrogen) atoms. The number of nitrogens with one attached hydrogen (secondary N) is 3. The number of carbonyl (C=O) groups is 2. The number of hydrogen-bond donors (Lipinski definition) is 4. The number of anilines is 4. The number of rotatable bonds is 5. The molecule has 0 spiro atoms. The molecule has 0 saturated heterocycles. The van der Waals surface area contributed by atoms with Crippen molar-refractivity contribution in [3.8, 4) is 0 Å². The highest BCUT2D eigenvalue weighted by atomic mass is 16.2. The number of amides is 2. The molecular formula is C17H18N6O2. The first-order chi connectivity index (χ1) is 12.1. The van der Waals surface area contributed by atoms with Gasteiger partial charge in [-0.25, -0.2) is 4.98 Å². The highest BCUT2D eigenvalue weighted by Gasteiger charge is 2.21. The molecule has 2 amide bonds.